The predicted molar refractivity (Wildman–Crippen MR) is 62.5 cm³/mol. The maximum absolute atomic E-state index is 3.38. The van der Waals surface area contributed by atoms with E-state index in [2.05, 4.69) is 36.7 Å². The number of hydrogen-bond donors (Lipinski definition) is 1. The molecule has 14 heavy (non-hydrogen) atoms. The van der Waals surface area contributed by atoms with Gasteiger partial charge >= 0.3 is 0 Å². The van der Waals surface area contributed by atoms with Crippen molar-refractivity contribution in [3.63, 3.8) is 0 Å². The first-order valence-corrected chi connectivity index (χ1v) is 6.30. The average Bonchev–Trinajstić information content (AvgIpc) is 2.58. The Hall–Kier alpha value is -0.150. The largest absolute Gasteiger partial charge is 0.302 e. The van der Waals surface area contributed by atoms with Gasteiger partial charge in [0.15, 0.2) is 0 Å². The summed E-state index contributed by atoms with van der Waals surface area (Å²) in [5.41, 5.74) is 3.26. The van der Waals surface area contributed by atoms with E-state index in [-0.39, 0.29) is 0 Å². The SMILES string of the molecule is CC(C)C1=C(C(C)C)N2SNCC2C1. The molecule has 0 aliphatic carbocycles. The minimum Gasteiger partial charge on any atom is -0.302 e. The van der Waals surface area contributed by atoms with Crippen LogP contribution in [0.2, 0.25) is 0 Å². The number of fused-ring (bicyclic) bond motifs is 1. The van der Waals surface area contributed by atoms with E-state index < -0.39 is 0 Å². The molecule has 1 atom stereocenters. The quantitative estimate of drug-likeness (QED) is 0.709. The van der Waals surface area contributed by atoms with Crippen molar-refractivity contribution in [3.8, 4) is 0 Å². The zero-order chi connectivity index (χ0) is 10.3. The standard InChI is InChI=1S/C11H20N2S/c1-7(2)10-5-9-6-12-14-13(9)11(10)8(3)4/h7-9,12H,5-6H2,1-4H3. The maximum atomic E-state index is 3.38. The third-order valence-corrected chi connectivity index (χ3v) is 4.07. The lowest BCUT2D eigenvalue weighted by atomic mass is 9.95. The Labute approximate surface area is 91.4 Å². The summed E-state index contributed by atoms with van der Waals surface area (Å²) >= 11 is 1.80. The monoisotopic (exact) mass is 212 g/mol. The third-order valence-electron chi connectivity index (χ3n) is 3.08. The van der Waals surface area contributed by atoms with Crippen LogP contribution in [0.15, 0.2) is 11.3 Å². The number of hydrogen-bond acceptors (Lipinski definition) is 3. The molecule has 2 heterocycles. The van der Waals surface area contributed by atoms with Crippen LogP contribution in [0, 0.1) is 11.8 Å². The highest BCUT2D eigenvalue weighted by Gasteiger charge is 2.37. The van der Waals surface area contributed by atoms with Crippen LogP contribution in [0.1, 0.15) is 34.1 Å². The van der Waals surface area contributed by atoms with Crippen LogP contribution in [-0.2, 0) is 0 Å². The molecule has 2 aliphatic rings. The molecule has 2 nitrogen and oxygen atoms in total. The molecule has 0 radical (unpaired) electrons. The second kappa shape index (κ2) is 3.78. The Bertz CT molecular complexity index is 258. The highest BCUT2D eigenvalue weighted by atomic mass is 32.2. The molecular formula is C11H20N2S. The second-order valence-electron chi connectivity index (χ2n) is 4.84. The molecule has 0 bridgehead atoms. The van der Waals surface area contributed by atoms with E-state index in [1.807, 2.05) is 0 Å². The maximum Gasteiger partial charge on any atom is 0.0587 e. The molecule has 2 aliphatic heterocycles. The van der Waals surface area contributed by atoms with E-state index >= 15 is 0 Å². The van der Waals surface area contributed by atoms with Crippen molar-refractivity contribution >= 4 is 12.1 Å². The van der Waals surface area contributed by atoms with Crippen LogP contribution in [-0.4, -0.2) is 16.9 Å². The van der Waals surface area contributed by atoms with Crippen LogP contribution in [0.4, 0.5) is 0 Å². The molecule has 1 saturated heterocycles. The molecule has 0 amide bonds. The fraction of sp³-hybridized carbons (Fsp3) is 0.818. The van der Waals surface area contributed by atoms with Gasteiger partial charge in [-0.3, -0.25) is 0 Å². The predicted octanol–water partition coefficient (Wildman–Crippen LogP) is 2.79. The van der Waals surface area contributed by atoms with Gasteiger partial charge in [-0.2, -0.15) is 0 Å². The van der Waals surface area contributed by atoms with Crippen molar-refractivity contribution in [1.82, 2.24) is 9.03 Å². The first-order chi connectivity index (χ1) is 6.61. The van der Waals surface area contributed by atoms with E-state index in [9.17, 15) is 0 Å². The molecule has 80 valence electrons. The molecule has 1 fully saturated rings. The van der Waals surface area contributed by atoms with Crippen molar-refractivity contribution < 1.29 is 0 Å². The number of allylic oxidation sites excluding steroid dienone is 1. The van der Waals surface area contributed by atoms with Gasteiger partial charge < -0.3 is 4.31 Å². The Balaban J connectivity index is 2.28. The van der Waals surface area contributed by atoms with Crippen LogP contribution in [0.5, 0.6) is 0 Å². The topological polar surface area (TPSA) is 15.3 Å². The summed E-state index contributed by atoms with van der Waals surface area (Å²) in [5.74, 6) is 1.36. The fourth-order valence-electron chi connectivity index (χ4n) is 2.42. The molecule has 1 unspecified atom stereocenters. The minimum absolute atomic E-state index is 0.657. The molecule has 2 rings (SSSR count). The average molecular weight is 212 g/mol. The Kier molecular flexibility index (Phi) is 2.80. The summed E-state index contributed by atoms with van der Waals surface area (Å²) in [5, 5.41) is 0. The molecule has 0 spiro atoms. The van der Waals surface area contributed by atoms with Crippen molar-refractivity contribution in [2.24, 2.45) is 11.8 Å². The first kappa shape index (κ1) is 10.4. The molecule has 0 saturated carbocycles. The van der Waals surface area contributed by atoms with E-state index in [0.29, 0.717) is 11.8 Å². The smallest absolute Gasteiger partial charge is 0.0587 e. The van der Waals surface area contributed by atoms with E-state index in [4.69, 9.17) is 0 Å². The number of nitrogens with zero attached hydrogens (tertiary/aromatic N) is 1. The Morgan fingerprint density at radius 3 is 2.57 bits per heavy atom. The normalized spacial score (nSPS) is 27.0. The summed E-state index contributed by atoms with van der Waals surface area (Å²) < 4.78 is 5.88. The molecule has 0 aromatic carbocycles. The van der Waals surface area contributed by atoms with E-state index in [1.165, 1.54) is 6.42 Å². The zero-order valence-corrected chi connectivity index (χ0v) is 10.3. The fourth-order valence-corrected chi connectivity index (χ4v) is 3.55. The van der Waals surface area contributed by atoms with Crippen LogP contribution < -0.4 is 4.72 Å². The van der Waals surface area contributed by atoms with Crippen LogP contribution in [0.3, 0.4) is 0 Å². The summed E-state index contributed by atoms with van der Waals surface area (Å²) in [6.07, 6.45) is 1.27. The summed E-state index contributed by atoms with van der Waals surface area (Å²) in [7, 11) is 0. The molecular weight excluding hydrogens is 192 g/mol. The van der Waals surface area contributed by atoms with Gasteiger partial charge in [0.1, 0.15) is 0 Å². The highest BCUT2D eigenvalue weighted by Crippen LogP contribution is 2.42. The van der Waals surface area contributed by atoms with Gasteiger partial charge in [-0.1, -0.05) is 27.7 Å². The lowest BCUT2D eigenvalue weighted by Crippen LogP contribution is -2.22. The van der Waals surface area contributed by atoms with Crippen LogP contribution in [0.25, 0.3) is 0 Å². The van der Waals surface area contributed by atoms with E-state index in [0.717, 1.165) is 12.6 Å². The van der Waals surface area contributed by atoms with E-state index in [1.54, 1.807) is 23.4 Å². The Morgan fingerprint density at radius 1 is 1.29 bits per heavy atom. The summed E-state index contributed by atoms with van der Waals surface area (Å²) in [6.45, 7) is 10.4. The summed E-state index contributed by atoms with van der Waals surface area (Å²) in [4.78, 5) is 0. The van der Waals surface area contributed by atoms with Gasteiger partial charge in [-0.25, -0.2) is 4.72 Å². The van der Waals surface area contributed by atoms with Gasteiger partial charge in [0.2, 0.25) is 0 Å². The van der Waals surface area contributed by atoms with Gasteiger partial charge in [0, 0.05) is 24.4 Å². The highest BCUT2D eigenvalue weighted by molar-refractivity contribution is 7.95. The van der Waals surface area contributed by atoms with Crippen molar-refractivity contribution in [2.75, 3.05) is 6.54 Å². The first-order valence-electron chi connectivity index (χ1n) is 5.53. The lowest BCUT2D eigenvalue weighted by Gasteiger charge is -2.22. The molecule has 0 aromatic rings. The Morgan fingerprint density at radius 2 is 2.00 bits per heavy atom. The van der Waals surface area contributed by atoms with Crippen LogP contribution >= 0.6 is 12.1 Å². The van der Waals surface area contributed by atoms with Crippen molar-refractivity contribution in [1.29, 1.82) is 0 Å². The number of nitrogens with one attached hydrogen (secondary N) is 1. The zero-order valence-electron chi connectivity index (χ0n) is 9.50. The molecule has 0 aromatic heterocycles. The van der Waals surface area contributed by atoms with Gasteiger partial charge in [0.25, 0.3) is 0 Å². The minimum atomic E-state index is 0.657. The van der Waals surface area contributed by atoms with Crippen molar-refractivity contribution in [3.05, 3.63) is 11.3 Å². The summed E-state index contributed by atoms with van der Waals surface area (Å²) in [6, 6.07) is 0.717. The number of rotatable bonds is 2. The second-order valence-corrected chi connectivity index (χ2v) is 5.71. The lowest BCUT2D eigenvalue weighted by molar-refractivity contribution is 0.450. The van der Waals surface area contributed by atoms with Gasteiger partial charge in [-0.15, -0.1) is 0 Å². The third kappa shape index (κ3) is 1.57. The molecule has 3 heteroatoms. The van der Waals surface area contributed by atoms with Gasteiger partial charge in [0.05, 0.1) is 6.04 Å². The van der Waals surface area contributed by atoms with Crippen molar-refractivity contribution in [2.45, 2.75) is 40.2 Å². The molecule has 1 N–H and O–H groups in total. The van der Waals surface area contributed by atoms with Gasteiger partial charge in [-0.05, 0) is 23.8 Å².